The Morgan fingerprint density at radius 2 is 2.00 bits per heavy atom. The van der Waals surface area contributed by atoms with Gasteiger partial charge < -0.3 is 14.2 Å². The average Bonchev–Trinajstić information content (AvgIpc) is 3.12. The molecular formula is C19H25N3O2. The Hall–Kier alpha value is -2.30. The highest BCUT2D eigenvalue weighted by Gasteiger charge is 2.26. The first-order valence-corrected chi connectivity index (χ1v) is 8.70. The number of imidazole rings is 1. The molecule has 1 aromatic carbocycles. The number of carbonyl (C=O) groups is 1. The van der Waals surface area contributed by atoms with Crippen molar-refractivity contribution in [1.82, 2.24) is 14.5 Å². The van der Waals surface area contributed by atoms with Gasteiger partial charge in [0, 0.05) is 37.4 Å². The van der Waals surface area contributed by atoms with Crippen molar-refractivity contribution >= 4 is 6.09 Å². The Morgan fingerprint density at radius 3 is 2.67 bits per heavy atom. The summed E-state index contributed by atoms with van der Waals surface area (Å²) >= 11 is 0. The van der Waals surface area contributed by atoms with Crippen LogP contribution >= 0.6 is 0 Å². The number of hydrogen-bond donors (Lipinski definition) is 0. The normalized spacial score (nSPS) is 16.8. The molecule has 0 radical (unpaired) electrons. The number of carbonyl (C=O) groups excluding carboxylic acids is 1. The molecule has 0 spiro atoms. The molecule has 128 valence electrons. The molecule has 3 rings (SSSR count). The molecule has 24 heavy (non-hydrogen) atoms. The van der Waals surface area contributed by atoms with Gasteiger partial charge in [-0.15, -0.1) is 0 Å². The van der Waals surface area contributed by atoms with Crippen LogP contribution in [-0.2, 0) is 4.74 Å². The number of benzene rings is 1. The van der Waals surface area contributed by atoms with Crippen LogP contribution < -0.4 is 0 Å². The minimum absolute atomic E-state index is 0.195. The van der Waals surface area contributed by atoms with Crippen molar-refractivity contribution in [3.63, 3.8) is 0 Å². The predicted octanol–water partition coefficient (Wildman–Crippen LogP) is 3.83. The second kappa shape index (κ2) is 7.51. The van der Waals surface area contributed by atoms with E-state index in [0.717, 1.165) is 31.8 Å². The van der Waals surface area contributed by atoms with Crippen LogP contribution in [0.15, 0.2) is 42.7 Å². The minimum atomic E-state index is -0.195. The Labute approximate surface area is 143 Å². The molecule has 1 aliphatic heterocycles. The molecule has 1 fully saturated rings. The minimum Gasteiger partial charge on any atom is -0.450 e. The van der Waals surface area contributed by atoms with E-state index in [1.165, 1.54) is 5.56 Å². The molecule has 0 bridgehead atoms. The molecular weight excluding hydrogens is 302 g/mol. The predicted molar refractivity (Wildman–Crippen MR) is 93.1 cm³/mol. The van der Waals surface area contributed by atoms with E-state index in [0.29, 0.717) is 12.6 Å². The summed E-state index contributed by atoms with van der Waals surface area (Å²) in [4.78, 5) is 18.2. The molecule has 0 N–H and O–H groups in total. The zero-order valence-corrected chi connectivity index (χ0v) is 14.4. The molecule has 5 heteroatoms. The topological polar surface area (TPSA) is 47.4 Å². The molecule has 1 saturated heterocycles. The fourth-order valence-electron chi connectivity index (χ4n) is 3.40. The molecule has 0 aliphatic carbocycles. The molecule has 2 aromatic rings. The number of likely N-dealkylation sites (tertiary alicyclic amines) is 1. The molecule has 1 amide bonds. The van der Waals surface area contributed by atoms with Crippen LogP contribution in [0, 0.1) is 0 Å². The van der Waals surface area contributed by atoms with E-state index in [2.05, 4.69) is 46.9 Å². The third-order valence-electron chi connectivity index (χ3n) is 4.77. The molecule has 5 nitrogen and oxygen atoms in total. The van der Waals surface area contributed by atoms with Gasteiger partial charge in [0.05, 0.1) is 6.61 Å². The summed E-state index contributed by atoms with van der Waals surface area (Å²) in [6.45, 7) is 5.94. The van der Waals surface area contributed by atoms with Gasteiger partial charge in [0.1, 0.15) is 5.82 Å². The SMILES string of the molecule is CCOC(=O)N1CCC(n2ccnc2C(C)c2ccccc2)CC1. The maximum atomic E-state index is 11.8. The van der Waals surface area contributed by atoms with E-state index >= 15 is 0 Å². The zero-order chi connectivity index (χ0) is 16.9. The Balaban J connectivity index is 1.69. The second-order valence-electron chi connectivity index (χ2n) is 6.24. The van der Waals surface area contributed by atoms with Gasteiger partial charge in [0.2, 0.25) is 0 Å². The summed E-state index contributed by atoms with van der Waals surface area (Å²) in [5, 5.41) is 0. The number of piperidine rings is 1. The lowest BCUT2D eigenvalue weighted by Crippen LogP contribution is -2.39. The van der Waals surface area contributed by atoms with Gasteiger partial charge in [-0.05, 0) is 25.3 Å². The monoisotopic (exact) mass is 327 g/mol. The van der Waals surface area contributed by atoms with Gasteiger partial charge in [0.25, 0.3) is 0 Å². The fraction of sp³-hybridized carbons (Fsp3) is 0.474. The molecule has 1 aromatic heterocycles. The number of rotatable bonds is 4. The van der Waals surface area contributed by atoms with Crippen LogP contribution in [0.25, 0.3) is 0 Å². The first-order chi connectivity index (χ1) is 11.7. The molecule has 1 unspecified atom stereocenters. The van der Waals surface area contributed by atoms with Crippen LogP contribution in [0.5, 0.6) is 0 Å². The largest absolute Gasteiger partial charge is 0.450 e. The van der Waals surface area contributed by atoms with Gasteiger partial charge in [-0.25, -0.2) is 9.78 Å². The standard InChI is InChI=1S/C19H25N3O2/c1-3-24-19(23)21-12-9-17(10-13-21)22-14-11-20-18(22)15(2)16-7-5-4-6-8-16/h4-8,11,14-15,17H,3,9-10,12-13H2,1-2H3. The van der Waals surface area contributed by atoms with Gasteiger partial charge in [0.15, 0.2) is 0 Å². The van der Waals surface area contributed by atoms with Gasteiger partial charge in [-0.1, -0.05) is 37.3 Å². The quantitative estimate of drug-likeness (QED) is 0.857. The van der Waals surface area contributed by atoms with Crippen molar-refractivity contribution in [3.8, 4) is 0 Å². The summed E-state index contributed by atoms with van der Waals surface area (Å²) in [5.41, 5.74) is 1.27. The third-order valence-corrected chi connectivity index (χ3v) is 4.77. The third kappa shape index (κ3) is 3.45. The number of hydrogen-bond acceptors (Lipinski definition) is 3. The van der Waals surface area contributed by atoms with Crippen molar-refractivity contribution in [3.05, 3.63) is 54.1 Å². The molecule has 1 aliphatic rings. The van der Waals surface area contributed by atoms with Gasteiger partial charge in [-0.2, -0.15) is 0 Å². The Morgan fingerprint density at radius 1 is 1.29 bits per heavy atom. The molecule has 2 heterocycles. The van der Waals surface area contributed by atoms with Crippen molar-refractivity contribution in [1.29, 1.82) is 0 Å². The van der Waals surface area contributed by atoms with Crippen molar-refractivity contribution in [2.75, 3.05) is 19.7 Å². The van der Waals surface area contributed by atoms with Crippen LogP contribution in [0.2, 0.25) is 0 Å². The maximum absolute atomic E-state index is 11.8. The van der Waals surface area contributed by atoms with Gasteiger partial charge >= 0.3 is 6.09 Å². The van der Waals surface area contributed by atoms with E-state index in [-0.39, 0.29) is 12.0 Å². The highest BCUT2D eigenvalue weighted by Crippen LogP contribution is 2.29. The first-order valence-electron chi connectivity index (χ1n) is 8.70. The first kappa shape index (κ1) is 16.6. The van der Waals surface area contributed by atoms with Crippen molar-refractivity contribution in [2.45, 2.75) is 38.6 Å². The number of aromatic nitrogens is 2. The maximum Gasteiger partial charge on any atom is 0.409 e. The van der Waals surface area contributed by atoms with Crippen LogP contribution in [0.1, 0.15) is 50.0 Å². The Kier molecular flexibility index (Phi) is 5.18. The lowest BCUT2D eigenvalue weighted by Gasteiger charge is -2.33. The number of nitrogens with zero attached hydrogens (tertiary/aromatic N) is 3. The highest BCUT2D eigenvalue weighted by atomic mass is 16.6. The van der Waals surface area contributed by atoms with Crippen molar-refractivity contribution < 1.29 is 9.53 Å². The summed E-state index contributed by atoms with van der Waals surface area (Å²) in [6.07, 6.45) is 5.62. The lowest BCUT2D eigenvalue weighted by atomic mass is 9.99. The Bertz CT molecular complexity index is 660. The summed E-state index contributed by atoms with van der Waals surface area (Å²) < 4.78 is 7.39. The average molecular weight is 327 g/mol. The highest BCUT2D eigenvalue weighted by molar-refractivity contribution is 5.67. The fourth-order valence-corrected chi connectivity index (χ4v) is 3.40. The van der Waals surface area contributed by atoms with E-state index in [4.69, 9.17) is 4.74 Å². The lowest BCUT2D eigenvalue weighted by molar-refractivity contribution is 0.0924. The molecule has 0 saturated carbocycles. The summed E-state index contributed by atoms with van der Waals surface area (Å²) in [7, 11) is 0. The zero-order valence-electron chi connectivity index (χ0n) is 14.4. The van der Waals surface area contributed by atoms with Crippen molar-refractivity contribution in [2.24, 2.45) is 0 Å². The van der Waals surface area contributed by atoms with E-state index in [9.17, 15) is 4.79 Å². The van der Waals surface area contributed by atoms with E-state index in [1.54, 1.807) is 4.90 Å². The second-order valence-corrected chi connectivity index (χ2v) is 6.24. The van der Waals surface area contributed by atoms with Crippen LogP contribution in [0.3, 0.4) is 0 Å². The summed E-state index contributed by atoms with van der Waals surface area (Å²) in [6, 6.07) is 10.8. The van der Waals surface area contributed by atoms with Crippen LogP contribution in [-0.4, -0.2) is 40.2 Å². The number of ether oxygens (including phenoxy) is 1. The summed E-state index contributed by atoms with van der Waals surface area (Å²) in [5.74, 6) is 1.35. The number of amides is 1. The van der Waals surface area contributed by atoms with Gasteiger partial charge in [-0.3, -0.25) is 0 Å². The van der Waals surface area contributed by atoms with Crippen LogP contribution in [0.4, 0.5) is 4.79 Å². The van der Waals surface area contributed by atoms with E-state index < -0.39 is 0 Å². The smallest absolute Gasteiger partial charge is 0.409 e. The molecule has 1 atom stereocenters. The van der Waals surface area contributed by atoms with E-state index in [1.807, 2.05) is 19.2 Å².